The molecule has 3 nitrogen and oxygen atoms in total. The monoisotopic (exact) mass is 291 g/mol. The number of rotatable bonds is 5. The van der Waals surface area contributed by atoms with Gasteiger partial charge in [-0.1, -0.05) is 50.4 Å². The maximum atomic E-state index is 9.52. The van der Waals surface area contributed by atoms with Crippen molar-refractivity contribution >= 4 is 29.7 Å². The maximum Gasteiger partial charge on any atom is 0.242 e. The molecule has 1 aromatic carbocycles. The lowest BCUT2D eigenvalue weighted by atomic mass is 9.94. The Kier molecular flexibility index (Phi) is 5.64. The smallest absolute Gasteiger partial charge is 0.242 e. The molecule has 0 aliphatic carbocycles. The van der Waals surface area contributed by atoms with Crippen molar-refractivity contribution in [2.24, 2.45) is 5.73 Å². The molecule has 96 valence electrons. The van der Waals surface area contributed by atoms with Crippen LogP contribution in [-0.2, 0) is 16.3 Å². The summed E-state index contributed by atoms with van der Waals surface area (Å²) in [5.41, 5.74) is 4.80. The summed E-state index contributed by atoms with van der Waals surface area (Å²) in [5, 5.41) is 0. The first-order valence-corrected chi connectivity index (χ1v) is 9.20. The van der Waals surface area contributed by atoms with E-state index in [0.29, 0.717) is 5.92 Å². The molecule has 3 N–H and O–H groups in total. The lowest BCUT2D eigenvalue weighted by Crippen LogP contribution is -2.16. The Morgan fingerprint density at radius 3 is 2.35 bits per heavy atom. The van der Waals surface area contributed by atoms with Crippen LogP contribution < -0.4 is 5.73 Å². The highest BCUT2D eigenvalue weighted by Crippen LogP contribution is 2.51. The molecule has 0 aliphatic heterocycles. The van der Waals surface area contributed by atoms with Crippen LogP contribution in [0.3, 0.4) is 0 Å². The molecule has 1 rings (SSSR count). The fourth-order valence-electron chi connectivity index (χ4n) is 1.72. The van der Waals surface area contributed by atoms with E-state index in [9.17, 15) is 4.89 Å². The SMILES string of the molecule is CC(C)c1ccccc1C(CN)OP(O)(=S)S. The van der Waals surface area contributed by atoms with Gasteiger partial charge < -0.3 is 15.2 Å². The molecule has 0 heterocycles. The molecular formula is C11H18NO2PS2. The van der Waals surface area contributed by atoms with Crippen molar-refractivity contribution in [1.82, 2.24) is 0 Å². The molecule has 6 heteroatoms. The van der Waals surface area contributed by atoms with Gasteiger partial charge in [0, 0.05) is 6.54 Å². The van der Waals surface area contributed by atoms with Gasteiger partial charge in [0.15, 0.2) is 0 Å². The van der Waals surface area contributed by atoms with E-state index >= 15 is 0 Å². The van der Waals surface area contributed by atoms with Crippen LogP contribution in [-0.4, -0.2) is 11.4 Å². The summed E-state index contributed by atoms with van der Waals surface area (Å²) in [7, 11) is 0. The predicted octanol–water partition coefficient (Wildman–Crippen LogP) is 2.97. The van der Waals surface area contributed by atoms with E-state index in [0.717, 1.165) is 11.1 Å². The van der Waals surface area contributed by atoms with Crippen LogP contribution in [0.4, 0.5) is 0 Å². The molecule has 2 unspecified atom stereocenters. The molecule has 1 aromatic rings. The first-order valence-electron chi connectivity index (χ1n) is 5.38. The average Bonchev–Trinajstić information content (AvgIpc) is 2.24. The van der Waals surface area contributed by atoms with Crippen LogP contribution in [0.25, 0.3) is 0 Å². The van der Waals surface area contributed by atoms with Crippen LogP contribution in [0.15, 0.2) is 24.3 Å². The van der Waals surface area contributed by atoms with Crippen molar-refractivity contribution in [3.8, 4) is 0 Å². The maximum absolute atomic E-state index is 9.52. The summed E-state index contributed by atoms with van der Waals surface area (Å²) in [6, 6.07) is 7.88. The highest BCUT2D eigenvalue weighted by molar-refractivity contribution is 8.59. The fraction of sp³-hybridized carbons (Fsp3) is 0.455. The van der Waals surface area contributed by atoms with Gasteiger partial charge in [0.25, 0.3) is 0 Å². The molecule has 0 bridgehead atoms. The van der Waals surface area contributed by atoms with Gasteiger partial charge in [0.05, 0.1) is 0 Å². The minimum absolute atomic E-state index is 0.267. The average molecular weight is 291 g/mol. The summed E-state index contributed by atoms with van der Waals surface area (Å²) >= 11 is 8.68. The van der Waals surface area contributed by atoms with E-state index < -0.39 is 11.8 Å². The molecular weight excluding hydrogens is 273 g/mol. The third-order valence-electron chi connectivity index (χ3n) is 2.44. The largest absolute Gasteiger partial charge is 0.338 e. The number of hydrogen-bond acceptors (Lipinski definition) is 3. The second kappa shape index (κ2) is 6.32. The van der Waals surface area contributed by atoms with Crippen LogP contribution in [0.5, 0.6) is 0 Å². The van der Waals surface area contributed by atoms with E-state index in [1.165, 1.54) is 0 Å². The van der Waals surface area contributed by atoms with E-state index in [2.05, 4.69) is 26.1 Å². The van der Waals surface area contributed by atoms with E-state index in [1.807, 2.05) is 24.3 Å². The van der Waals surface area contributed by atoms with Gasteiger partial charge in [-0.3, -0.25) is 0 Å². The fourth-order valence-corrected chi connectivity index (χ4v) is 2.91. The normalized spacial score (nSPS) is 16.8. The molecule has 0 saturated carbocycles. The zero-order chi connectivity index (χ0) is 13.1. The first kappa shape index (κ1) is 15.2. The Balaban J connectivity index is 3.07. The number of nitrogens with two attached hydrogens (primary N) is 1. The molecule has 0 aliphatic rings. The third-order valence-corrected chi connectivity index (χ3v) is 3.51. The van der Waals surface area contributed by atoms with Gasteiger partial charge in [-0.15, -0.1) is 0 Å². The second-order valence-corrected chi connectivity index (χ2v) is 9.22. The van der Waals surface area contributed by atoms with Gasteiger partial charge in [-0.25, -0.2) is 0 Å². The van der Waals surface area contributed by atoms with Crippen molar-refractivity contribution in [2.45, 2.75) is 25.9 Å². The number of thiol groups is 1. The van der Waals surface area contributed by atoms with Gasteiger partial charge >= 0.3 is 0 Å². The molecule has 0 fully saturated rings. The highest BCUT2D eigenvalue weighted by Gasteiger charge is 2.20. The van der Waals surface area contributed by atoms with Crippen molar-refractivity contribution in [3.63, 3.8) is 0 Å². The molecule has 0 aromatic heterocycles. The molecule has 0 saturated heterocycles. The third kappa shape index (κ3) is 4.70. The second-order valence-electron chi connectivity index (χ2n) is 4.10. The van der Waals surface area contributed by atoms with Gasteiger partial charge in [-0.2, -0.15) is 0 Å². The van der Waals surface area contributed by atoms with Gasteiger partial charge in [-0.05, 0) is 28.9 Å². The standard InChI is InChI=1S/C11H18NO2PS2/c1-8(2)9-5-3-4-6-10(9)11(7-12)14-15(13,16)17/h3-6,8,11H,7,12H2,1-2H3,(H2,13,16,17). The Morgan fingerprint density at radius 2 is 1.94 bits per heavy atom. The topological polar surface area (TPSA) is 55.5 Å². The van der Waals surface area contributed by atoms with E-state index in [-0.39, 0.29) is 6.54 Å². The Morgan fingerprint density at radius 1 is 1.41 bits per heavy atom. The van der Waals surface area contributed by atoms with Crippen LogP contribution >= 0.6 is 17.9 Å². The zero-order valence-corrected chi connectivity index (χ0v) is 12.5. The van der Waals surface area contributed by atoms with Crippen LogP contribution in [0, 0.1) is 0 Å². The predicted molar refractivity (Wildman–Crippen MR) is 78.9 cm³/mol. The minimum atomic E-state index is -3.01. The Bertz CT molecular complexity index is 420. The minimum Gasteiger partial charge on any atom is -0.338 e. The van der Waals surface area contributed by atoms with Crippen molar-refractivity contribution in [1.29, 1.82) is 0 Å². The van der Waals surface area contributed by atoms with Crippen molar-refractivity contribution < 1.29 is 9.42 Å². The van der Waals surface area contributed by atoms with Crippen LogP contribution in [0.1, 0.15) is 37.0 Å². The molecule has 2 atom stereocenters. The quantitative estimate of drug-likeness (QED) is 0.576. The first-order chi connectivity index (χ1) is 7.85. The lowest BCUT2D eigenvalue weighted by Gasteiger charge is -2.23. The highest BCUT2D eigenvalue weighted by atomic mass is 32.9. The lowest BCUT2D eigenvalue weighted by molar-refractivity contribution is 0.219. The molecule has 0 spiro atoms. The summed E-state index contributed by atoms with van der Waals surface area (Å²) in [5.74, 6) is 0.361. The van der Waals surface area contributed by atoms with E-state index in [1.54, 1.807) is 0 Å². The Labute approximate surface area is 113 Å². The summed E-state index contributed by atoms with van der Waals surface area (Å²) in [6.45, 7) is 4.47. The zero-order valence-electron chi connectivity index (χ0n) is 9.91. The van der Waals surface area contributed by atoms with E-state index in [4.69, 9.17) is 22.1 Å². The van der Waals surface area contributed by atoms with Crippen molar-refractivity contribution in [3.05, 3.63) is 35.4 Å². The summed E-state index contributed by atoms with van der Waals surface area (Å²) < 4.78 is 5.38. The molecule has 0 radical (unpaired) electrons. The number of hydrogen-bond donors (Lipinski definition) is 3. The summed E-state index contributed by atoms with van der Waals surface area (Å²) in [6.07, 6.45) is -0.401. The van der Waals surface area contributed by atoms with Gasteiger partial charge in [0.1, 0.15) is 6.10 Å². The van der Waals surface area contributed by atoms with Crippen LogP contribution in [0.2, 0.25) is 0 Å². The molecule has 0 amide bonds. The molecule has 17 heavy (non-hydrogen) atoms. The Hall–Kier alpha value is 0.1000. The van der Waals surface area contributed by atoms with Crippen molar-refractivity contribution in [2.75, 3.05) is 6.54 Å². The number of benzene rings is 1. The summed E-state index contributed by atoms with van der Waals surface area (Å²) in [4.78, 5) is 9.52. The van der Waals surface area contributed by atoms with Gasteiger partial charge in [0.2, 0.25) is 5.69 Å².